The van der Waals surface area contributed by atoms with Crippen LogP contribution in [0.2, 0.25) is 0 Å². The van der Waals surface area contributed by atoms with Crippen molar-refractivity contribution in [3.05, 3.63) is 60.0 Å². The Hall–Kier alpha value is -0.930. The Morgan fingerprint density at radius 3 is 2.43 bits per heavy atom. The van der Waals surface area contributed by atoms with E-state index in [0.29, 0.717) is 14.5 Å². The summed E-state index contributed by atoms with van der Waals surface area (Å²) < 4.78 is 2.06. The third-order valence-electron chi connectivity index (χ3n) is 2.66. The lowest BCUT2D eigenvalue weighted by molar-refractivity contribution is 0.0698. The zero-order chi connectivity index (χ0) is 15.6. The van der Waals surface area contributed by atoms with Crippen molar-refractivity contribution in [2.45, 2.75) is 0 Å². The molecule has 0 aliphatic rings. The molecule has 21 heavy (non-hydrogen) atoms. The van der Waals surface area contributed by atoms with Crippen LogP contribution in [-0.2, 0) is 0 Å². The minimum absolute atomic E-state index is 0.0273. The number of benzene rings is 2. The summed E-state index contributed by atoms with van der Waals surface area (Å²) in [6.07, 6.45) is 0. The standard InChI is InChI=1S/C14H8Br2INO3/c15-10-5-4-7(17)6-9(10)13(19)18-12-8(14(20)21)2-1-3-11(12)16/h1-6H,(H,18,19)(H,20,21). The molecule has 0 aliphatic heterocycles. The molecule has 2 rings (SSSR count). The van der Waals surface area contributed by atoms with Crippen LogP contribution in [0.1, 0.15) is 20.7 Å². The van der Waals surface area contributed by atoms with E-state index in [4.69, 9.17) is 0 Å². The second-order valence-corrected chi connectivity index (χ2v) is 7.00. The first-order chi connectivity index (χ1) is 9.90. The molecular formula is C14H8Br2INO3. The van der Waals surface area contributed by atoms with Gasteiger partial charge >= 0.3 is 5.97 Å². The van der Waals surface area contributed by atoms with Crippen molar-refractivity contribution in [3.63, 3.8) is 0 Å². The third-order valence-corrected chi connectivity index (χ3v) is 4.68. The maximum atomic E-state index is 12.4. The summed E-state index contributed by atoms with van der Waals surface area (Å²) >= 11 is 8.68. The fourth-order valence-corrected chi connectivity index (χ4v) is 3.06. The van der Waals surface area contributed by atoms with Gasteiger partial charge in [-0.3, -0.25) is 4.79 Å². The molecule has 2 N–H and O–H groups in total. The Balaban J connectivity index is 2.41. The van der Waals surface area contributed by atoms with Crippen molar-refractivity contribution in [2.75, 3.05) is 5.32 Å². The topological polar surface area (TPSA) is 66.4 Å². The van der Waals surface area contributed by atoms with Gasteiger partial charge in [0, 0.05) is 12.5 Å². The molecule has 1 amide bonds. The van der Waals surface area contributed by atoms with Gasteiger partial charge in [-0.05, 0) is 84.8 Å². The average molecular weight is 525 g/mol. The molecule has 108 valence electrons. The first-order valence-corrected chi connectivity index (χ1v) is 8.35. The number of halogens is 3. The van der Waals surface area contributed by atoms with Gasteiger partial charge in [0.05, 0.1) is 16.8 Å². The second-order valence-electron chi connectivity index (χ2n) is 4.05. The molecule has 0 saturated heterocycles. The quantitative estimate of drug-likeness (QED) is 0.569. The lowest BCUT2D eigenvalue weighted by atomic mass is 10.1. The molecule has 0 spiro atoms. The molecule has 4 nitrogen and oxygen atoms in total. The summed E-state index contributed by atoms with van der Waals surface area (Å²) in [7, 11) is 0. The third kappa shape index (κ3) is 3.83. The number of carboxylic acids is 1. The summed E-state index contributed by atoms with van der Waals surface area (Å²) in [4.78, 5) is 23.6. The van der Waals surface area contributed by atoms with E-state index in [1.165, 1.54) is 6.07 Å². The lowest BCUT2D eigenvalue weighted by Crippen LogP contribution is -2.16. The van der Waals surface area contributed by atoms with Crippen LogP contribution in [0.15, 0.2) is 45.3 Å². The summed E-state index contributed by atoms with van der Waals surface area (Å²) in [5.41, 5.74) is 0.703. The van der Waals surface area contributed by atoms with E-state index < -0.39 is 5.97 Å². The molecule has 0 atom stereocenters. The van der Waals surface area contributed by atoms with Gasteiger partial charge in [-0.25, -0.2) is 4.79 Å². The van der Waals surface area contributed by atoms with Crippen LogP contribution < -0.4 is 5.32 Å². The van der Waals surface area contributed by atoms with Gasteiger partial charge < -0.3 is 10.4 Å². The van der Waals surface area contributed by atoms with Crippen LogP contribution in [0.4, 0.5) is 5.69 Å². The summed E-state index contributed by atoms with van der Waals surface area (Å²) in [6.45, 7) is 0. The number of carboxylic acid groups (broad SMARTS) is 1. The highest BCUT2D eigenvalue weighted by molar-refractivity contribution is 14.1. The number of para-hydroxylation sites is 1. The van der Waals surface area contributed by atoms with Crippen molar-refractivity contribution in [1.29, 1.82) is 0 Å². The van der Waals surface area contributed by atoms with Crippen LogP contribution in [0.3, 0.4) is 0 Å². The summed E-state index contributed by atoms with van der Waals surface area (Å²) in [6, 6.07) is 10.1. The van der Waals surface area contributed by atoms with E-state index in [0.717, 1.165) is 3.57 Å². The molecule has 0 unspecified atom stereocenters. The van der Waals surface area contributed by atoms with Crippen molar-refractivity contribution >= 4 is 72.0 Å². The number of nitrogens with one attached hydrogen (secondary N) is 1. The number of hydrogen-bond donors (Lipinski definition) is 2. The number of carbonyl (C=O) groups excluding carboxylic acids is 1. The predicted molar refractivity (Wildman–Crippen MR) is 95.9 cm³/mol. The fourth-order valence-electron chi connectivity index (χ4n) is 1.68. The minimum atomic E-state index is -1.10. The van der Waals surface area contributed by atoms with Crippen LogP contribution >= 0.6 is 54.5 Å². The number of aromatic carboxylic acids is 1. The van der Waals surface area contributed by atoms with Crippen molar-refractivity contribution in [2.24, 2.45) is 0 Å². The first kappa shape index (κ1) is 16.4. The van der Waals surface area contributed by atoms with E-state index in [1.54, 1.807) is 24.3 Å². The van der Waals surface area contributed by atoms with E-state index in [1.807, 2.05) is 6.07 Å². The maximum absolute atomic E-state index is 12.4. The molecule has 0 saturated carbocycles. The lowest BCUT2D eigenvalue weighted by Gasteiger charge is -2.11. The van der Waals surface area contributed by atoms with E-state index in [9.17, 15) is 14.7 Å². The number of rotatable bonds is 3. The molecule has 0 aromatic heterocycles. The number of hydrogen-bond acceptors (Lipinski definition) is 2. The number of amides is 1. The Labute approximate surface area is 151 Å². The monoisotopic (exact) mass is 523 g/mol. The highest BCUT2D eigenvalue weighted by Crippen LogP contribution is 2.28. The molecule has 0 fully saturated rings. The fraction of sp³-hybridized carbons (Fsp3) is 0. The Kier molecular flexibility index (Phi) is 5.39. The minimum Gasteiger partial charge on any atom is -0.478 e. The highest BCUT2D eigenvalue weighted by Gasteiger charge is 2.17. The first-order valence-electron chi connectivity index (χ1n) is 5.68. The molecule has 0 bridgehead atoms. The maximum Gasteiger partial charge on any atom is 0.337 e. The molecule has 2 aromatic carbocycles. The summed E-state index contributed by atoms with van der Waals surface area (Å²) in [5, 5.41) is 11.8. The number of anilines is 1. The van der Waals surface area contributed by atoms with E-state index >= 15 is 0 Å². The predicted octanol–water partition coefficient (Wildman–Crippen LogP) is 4.77. The summed E-state index contributed by atoms with van der Waals surface area (Å²) in [5.74, 6) is -1.48. The Morgan fingerprint density at radius 1 is 1.05 bits per heavy atom. The van der Waals surface area contributed by atoms with Gasteiger partial charge in [0.1, 0.15) is 0 Å². The average Bonchev–Trinajstić information content (AvgIpc) is 2.43. The van der Waals surface area contributed by atoms with Crippen molar-refractivity contribution < 1.29 is 14.7 Å². The SMILES string of the molecule is O=C(Nc1c(Br)cccc1C(=O)O)c1cc(I)ccc1Br. The van der Waals surface area contributed by atoms with Gasteiger partial charge in [0.15, 0.2) is 0 Å². The van der Waals surface area contributed by atoms with Gasteiger partial charge in [-0.1, -0.05) is 6.07 Å². The zero-order valence-electron chi connectivity index (χ0n) is 10.4. The van der Waals surface area contributed by atoms with Gasteiger partial charge in [-0.2, -0.15) is 0 Å². The molecule has 2 aromatic rings. The zero-order valence-corrected chi connectivity index (χ0v) is 15.7. The van der Waals surface area contributed by atoms with Crippen LogP contribution in [0, 0.1) is 3.57 Å². The van der Waals surface area contributed by atoms with E-state index in [-0.39, 0.29) is 17.2 Å². The normalized spacial score (nSPS) is 10.2. The largest absolute Gasteiger partial charge is 0.478 e. The highest BCUT2D eigenvalue weighted by atomic mass is 127. The molecule has 0 radical (unpaired) electrons. The van der Waals surface area contributed by atoms with Crippen LogP contribution in [0.25, 0.3) is 0 Å². The molecule has 0 heterocycles. The number of carbonyl (C=O) groups is 2. The van der Waals surface area contributed by atoms with Gasteiger partial charge in [0.2, 0.25) is 0 Å². The van der Waals surface area contributed by atoms with Crippen LogP contribution in [0.5, 0.6) is 0 Å². The van der Waals surface area contributed by atoms with E-state index in [2.05, 4.69) is 59.8 Å². The van der Waals surface area contributed by atoms with Gasteiger partial charge in [-0.15, -0.1) is 0 Å². The smallest absolute Gasteiger partial charge is 0.337 e. The van der Waals surface area contributed by atoms with Crippen LogP contribution in [-0.4, -0.2) is 17.0 Å². The molecule has 0 aliphatic carbocycles. The van der Waals surface area contributed by atoms with Crippen molar-refractivity contribution in [1.82, 2.24) is 0 Å². The Morgan fingerprint density at radius 2 is 1.76 bits per heavy atom. The van der Waals surface area contributed by atoms with Gasteiger partial charge in [0.25, 0.3) is 5.91 Å². The molecular weight excluding hydrogens is 517 g/mol. The van der Waals surface area contributed by atoms with Crippen molar-refractivity contribution in [3.8, 4) is 0 Å². The molecule has 7 heteroatoms. The second kappa shape index (κ2) is 6.89. The Bertz CT molecular complexity index is 734.